The molecule has 10 nitrogen and oxygen atoms in total. The zero-order valence-corrected chi connectivity index (χ0v) is 10.3. The van der Waals surface area contributed by atoms with E-state index < -0.39 is 31.0 Å². The van der Waals surface area contributed by atoms with Crippen LogP contribution in [0.15, 0.2) is 0 Å². The average Bonchev–Trinajstić information content (AvgIpc) is 2.93. The van der Waals surface area contributed by atoms with Gasteiger partial charge in [-0.1, -0.05) is 0 Å². The summed E-state index contributed by atoms with van der Waals surface area (Å²) in [7, 11) is 0. The second kappa shape index (κ2) is 4.52. The van der Waals surface area contributed by atoms with Gasteiger partial charge in [-0.15, -0.1) is 0 Å². The maximum atomic E-state index is 9.92. The van der Waals surface area contributed by atoms with E-state index in [2.05, 4.69) is 19.9 Å². The number of nitrogen functional groups attached to an aromatic ring is 2. The Balaban J connectivity index is 2.01. The van der Waals surface area contributed by atoms with Crippen molar-refractivity contribution in [3.63, 3.8) is 0 Å². The molecule has 1 saturated heterocycles. The quantitative estimate of drug-likeness (QED) is 0.352. The van der Waals surface area contributed by atoms with E-state index in [1.54, 1.807) is 0 Å². The van der Waals surface area contributed by atoms with Crippen LogP contribution in [0.3, 0.4) is 0 Å². The van der Waals surface area contributed by atoms with E-state index in [1.165, 1.54) is 0 Å². The lowest BCUT2D eigenvalue weighted by Crippen LogP contribution is -2.32. The van der Waals surface area contributed by atoms with Gasteiger partial charge >= 0.3 is 0 Å². The fourth-order valence-corrected chi connectivity index (χ4v) is 2.21. The standard InChI is InChI=1S/C10H14N6O4/c11-7-3-8(16-10(12)14-7)15-9(13-3)6-5(19)4(18)2(1-17)20-6/h2,4-6,17-19H,1H2,(H5,11,12,13,14,15,16)/t2-,4+,5-,6?/m0/s1. The SMILES string of the molecule is Nc1nc(N)c2[nH]c(C3O[C@@H](CO)[C@@H](O)[C@@H]3O)nc2n1. The summed E-state index contributed by atoms with van der Waals surface area (Å²) >= 11 is 0. The summed E-state index contributed by atoms with van der Waals surface area (Å²) in [6.45, 7) is -0.413. The number of fused-ring (bicyclic) bond motifs is 1. The molecule has 3 heterocycles. The van der Waals surface area contributed by atoms with Gasteiger partial charge in [-0.25, -0.2) is 4.98 Å². The minimum absolute atomic E-state index is 0.0193. The normalized spacial score (nSPS) is 30.1. The number of aliphatic hydroxyl groups excluding tert-OH is 3. The monoisotopic (exact) mass is 282 g/mol. The van der Waals surface area contributed by atoms with Crippen molar-refractivity contribution < 1.29 is 20.1 Å². The molecular formula is C10H14N6O4. The van der Waals surface area contributed by atoms with Crippen LogP contribution < -0.4 is 11.5 Å². The smallest absolute Gasteiger partial charge is 0.224 e. The predicted molar refractivity (Wildman–Crippen MR) is 67.2 cm³/mol. The number of anilines is 2. The summed E-state index contributed by atoms with van der Waals surface area (Å²) in [5, 5.41) is 28.7. The first-order valence-electron chi connectivity index (χ1n) is 5.92. The van der Waals surface area contributed by atoms with Crippen molar-refractivity contribution in [1.82, 2.24) is 19.9 Å². The van der Waals surface area contributed by atoms with Crippen molar-refractivity contribution in [2.75, 3.05) is 18.1 Å². The number of imidazole rings is 1. The minimum atomic E-state index is -1.22. The third-order valence-electron chi connectivity index (χ3n) is 3.23. The second-order valence-corrected chi connectivity index (χ2v) is 4.55. The number of aromatic nitrogens is 4. The lowest BCUT2D eigenvalue weighted by atomic mass is 10.1. The number of H-pyrrole nitrogens is 1. The molecule has 0 saturated carbocycles. The first-order chi connectivity index (χ1) is 9.51. The number of aliphatic hydroxyl groups is 3. The van der Waals surface area contributed by atoms with Crippen molar-refractivity contribution in [2.24, 2.45) is 0 Å². The third-order valence-corrected chi connectivity index (χ3v) is 3.23. The molecule has 1 aliphatic heterocycles. The minimum Gasteiger partial charge on any atom is -0.394 e. The number of nitrogens with one attached hydrogen (secondary N) is 1. The number of ether oxygens (including phenoxy) is 1. The topological polar surface area (TPSA) is 176 Å². The van der Waals surface area contributed by atoms with Gasteiger partial charge in [-0.05, 0) is 0 Å². The van der Waals surface area contributed by atoms with Gasteiger partial charge in [0.25, 0.3) is 0 Å². The maximum absolute atomic E-state index is 9.92. The van der Waals surface area contributed by atoms with E-state index in [-0.39, 0.29) is 23.2 Å². The molecule has 0 aromatic carbocycles. The summed E-state index contributed by atoms with van der Waals surface area (Å²) < 4.78 is 5.36. The molecule has 4 atom stereocenters. The molecule has 10 heteroatoms. The van der Waals surface area contributed by atoms with Crippen molar-refractivity contribution in [3.05, 3.63) is 5.82 Å². The largest absolute Gasteiger partial charge is 0.394 e. The molecule has 0 radical (unpaired) electrons. The molecule has 2 aromatic heterocycles. The van der Waals surface area contributed by atoms with Crippen LogP contribution in [0.4, 0.5) is 11.8 Å². The molecule has 108 valence electrons. The molecule has 1 unspecified atom stereocenters. The highest BCUT2D eigenvalue weighted by atomic mass is 16.6. The zero-order chi connectivity index (χ0) is 14.4. The molecule has 20 heavy (non-hydrogen) atoms. The van der Waals surface area contributed by atoms with Crippen molar-refractivity contribution in [2.45, 2.75) is 24.4 Å². The molecule has 0 bridgehead atoms. The highest BCUT2D eigenvalue weighted by Gasteiger charge is 2.44. The molecule has 0 spiro atoms. The van der Waals surface area contributed by atoms with Gasteiger partial charge in [-0.3, -0.25) is 0 Å². The second-order valence-electron chi connectivity index (χ2n) is 4.55. The Kier molecular flexibility index (Phi) is 2.94. The molecule has 3 rings (SSSR count). The lowest BCUT2D eigenvalue weighted by molar-refractivity contribution is -0.0249. The average molecular weight is 282 g/mol. The number of aromatic amines is 1. The van der Waals surface area contributed by atoms with Gasteiger partial charge in [0.15, 0.2) is 11.5 Å². The lowest BCUT2D eigenvalue weighted by Gasteiger charge is -2.11. The Morgan fingerprint density at radius 3 is 2.55 bits per heavy atom. The molecule has 1 aliphatic rings. The fourth-order valence-electron chi connectivity index (χ4n) is 2.21. The Morgan fingerprint density at radius 2 is 1.90 bits per heavy atom. The first-order valence-corrected chi connectivity index (χ1v) is 5.92. The van der Waals surface area contributed by atoms with Crippen LogP contribution in [0, 0.1) is 0 Å². The highest BCUT2D eigenvalue weighted by molar-refractivity contribution is 5.82. The molecule has 0 amide bonds. The van der Waals surface area contributed by atoms with Crippen molar-refractivity contribution >= 4 is 22.9 Å². The summed E-state index contributed by atoms with van der Waals surface area (Å²) in [5.74, 6) is 0.335. The van der Waals surface area contributed by atoms with Gasteiger partial charge < -0.3 is 36.5 Å². The van der Waals surface area contributed by atoms with Crippen LogP contribution in [0.1, 0.15) is 11.9 Å². The number of nitrogens with zero attached hydrogens (tertiary/aromatic N) is 3. The van der Waals surface area contributed by atoms with Gasteiger partial charge in [0.1, 0.15) is 35.8 Å². The number of hydrogen-bond acceptors (Lipinski definition) is 9. The van der Waals surface area contributed by atoms with Crippen molar-refractivity contribution in [3.8, 4) is 0 Å². The summed E-state index contributed by atoms with van der Waals surface area (Å²) in [5.41, 5.74) is 11.8. The van der Waals surface area contributed by atoms with Crippen LogP contribution in [0.2, 0.25) is 0 Å². The van der Waals surface area contributed by atoms with E-state index in [1.807, 2.05) is 0 Å². The highest BCUT2D eigenvalue weighted by Crippen LogP contribution is 2.33. The van der Waals surface area contributed by atoms with E-state index >= 15 is 0 Å². The fraction of sp³-hybridized carbons (Fsp3) is 0.500. The van der Waals surface area contributed by atoms with Gasteiger partial charge in [0.2, 0.25) is 5.95 Å². The van der Waals surface area contributed by atoms with Gasteiger partial charge in [0.05, 0.1) is 6.61 Å². The van der Waals surface area contributed by atoms with Crippen LogP contribution in [-0.2, 0) is 4.74 Å². The number of nitrogens with two attached hydrogens (primary N) is 2. The van der Waals surface area contributed by atoms with Crippen LogP contribution in [-0.4, -0.2) is 60.2 Å². The number of rotatable bonds is 2. The number of hydrogen-bond donors (Lipinski definition) is 6. The first kappa shape index (κ1) is 13.0. The molecule has 0 aliphatic carbocycles. The summed E-state index contributed by atoms with van der Waals surface area (Å²) in [4.78, 5) is 14.7. The molecular weight excluding hydrogens is 268 g/mol. The van der Waals surface area contributed by atoms with E-state index in [0.717, 1.165) is 0 Å². The van der Waals surface area contributed by atoms with Crippen molar-refractivity contribution in [1.29, 1.82) is 0 Å². The van der Waals surface area contributed by atoms with Crippen LogP contribution >= 0.6 is 0 Å². The van der Waals surface area contributed by atoms with Gasteiger partial charge in [0, 0.05) is 0 Å². The van der Waals surface area contributed by atoms with E-state index in [9.17, 15) is 10.2 Å². The van der Waals surface area contributed by atoms with Gasteiger partial charge in [-0.2, -0.15) is 9.97 Å². The Bertz CT molecular complexity index is 646. The molecule has 1 fully saturated rings. The summed E-state index contributed by atoms with van der Waals surface area (Å²) in [6, 6.07) is 0. The Labute approximate surface area is 112 Å². The predicted octanol–water partition coefficient (Wildman–Crippen LogP) is -2.33. The summed E-state index contributed by atoms with van der Waals surface area (Å²) in [6.07, 6.45) is -4.22. The Hall–Kier alpha value is -2.01. The third kappa shape index (κ3) is 1.86. The zero-order valence-electron chi connectivity index (χ0n) is 10.3. The Morgan fingerprint density at radius 1 is 1.15 bits per heavy atom. The van der Waals surface area contributed by atoms with E-state index in [4.69, 9.17) is 21.3 Å². The maximum Gasteiger partial charge on any atom is 0.224 e. The van der Waals surface area contributed by atoms with Crippen LogP contribution in [0.25, 0.3) is 11.2 Å². The van der Waals surface area contributed by atoms with E-state index in [0.29, 0.717) is 5.52 Å². The molecule has 8 N–H and O–H groups in total. The van der Waals surface area contributed by atoms with Crippen LogP contribution in [0.5, 0.6) is 0 Å². The molecule has 2 aromatic rings.